The van der Waals surface area contributed by atoms with Crippen LogP contribution in [-0.4, -0.2) is 66.9 Å². The largest absolute Gasteiger partial charge is 0.354 e. The first kappa shape index (κ1) is 37.9. The van der Waals surface area contributed by atoms with Crippen LogP contribution in [0.5, 0.6) is 0 Å². The highest BCUT2D eigenvalue weighted by molar-refractivity contribution is 7.98. The van der Waals surface area contributed by atoms with E-state index >= 15 is 0 Å². The molecule has 4 amide bonds. The third-order valence-corrected chi connectivity index (χ3v) is 8.88. The second kappa shape index (κ2) is 20.6. The molecule has 0 aliphatic heterocycles. The smallest absolute Gasteiger partial charge is 0.244 e. The van der Waals surface area contributed by atoms with E-state index in [2.05, 4.69) is 21.3 Å². The minimum Gasteiger partial charge on any atom is -0.354 e. The predicted molar refractivity (Wildman–Crippen MR) is 201 cm³/mol. The molecule has 0 aliphatic rings. The molecule has 4 aromatic rings. The van der Waals surface area contributed by atoms with Gasteiger partial charge in [-0.3, -0.25) is 19.2 Å². The molecule has 0 saturated carbocycles. The summed E-state index contributed by atoms with van der Waals surface area (Å²) in [6.45, 7) is 0.728. The molecule has 0 fully saturated rings. The molecular weight excluding hydrogens is 647 g/mol. The molecule has 3 atom stereocenters. The Labute approximate surface area is 299 Å². The summed E-state index contributed by atoms with van der Waals surface area (Å²) in [7, 11) is 0. The Hall–Kier alpha value is -4.93. The summed E-state index contributed by atoms with van der Waals surface area (Å²) in [6, 6.07) is 34.3. The van der Waals surface area contributed by atoms with Gasteiger partial charge >= 0.3 is 0 Å². The van der Waals surface area contributed by atoms with Crippen molar-refractivity contribution >= 4 is 35.4 Å². The SMILES string of the molecule is CSC[C@H](NC(=O)Cc1ccc(-c2ccccc2)cc1)C(=O)N[C@H](CCCN)C(=O)N[C@@H](Cc1ccccc1)C(=O)NCCc1ccccc1. The zero-order valence-electron chi connectivity index (χ0n) is 28.5. The van der Waals surface area contributed by atoms with Crippen LogP contribution in [0.3, 0.4) is 0 Å². The molecule has 262 valence electrons. The zero-order valence-corrected chi connectivity index (χ0v) is 29.3. The van der Waals surface area contributed by atoms with Gasteiger partial charge in [-0.1, -0.05) is 115 Å². The van der Waals surface area contributed by atoms with Crippen molar-refractivity contribution in [2.24, 2.45) is 5.73 Å². The van der Waals surface area contributed by atoms with Crippen molar-refractivity contribution in [2.75, 3.05) is 25.1 Å². The summed E-state index contributed by atoms with van der Waals surface area (Å²) in [5.41, 5.74) is 10.7. The first-order valence-electron chi connectivity index (χ1n) is 16.9. The van der Waals surface area contributed by atoms with Crippen LogP contribution in [0, 0.1) is 0 Å². The van der Waals surface area contributed by atoms with E-state index in [0.29, 0.717) is 31.7 Å². The molecule has 9 nitrogen and oxygen atoms in total. The quantitative estimate of drug-likeness (QED) is 0.100. The zero-order chi connectivity index (χ0) is 35.6. The summed E-state index contributed by atoms with van der Waals surface area (Å²) < 4.78 is 0. The van der Waals surface area contributed by atoms with E-state index in [1.165, 1.54) is 11.8 Å². The molecule has 0 saturated heterocycles. The highest BCUT2D eigenvalue weighted by Crippen LogP contribution is 2.19. The second-order valence-corrected chi connectivity index (χ2v) is 13.0. The van der Waals surface area contributed by atoms with Crippen LogP contribution in [0.15, 0.2) is 115 Å². The van der Waals surface area contributed by atoms with Gasteiger partial charge in [-0.05, 0) is 59.9 Å². The first-order chi connectivity index (χ1) is 24.4. The fourth-order valence-corrected chi connectivity index (χ4v) is 6.09. The van der Waals surface area contributed by atoms with Crippen molar-refractivity contribution in [1.29, 1.82) is 0 Å². The van der Waals surface area contributed by atoms with E-state index in [1.807, 2.05) is 122 Å². The van der Waals surface area contributed by atoms with Gasteiger partial charge in [0.25, 0.3) is 0 Å². The van der Waals surface area contributed by atoms with E-state index in [9.17, 15) is 19.2 Å². The van der Waals surface area contributed by atoms with Crippen molar-refractivity contribution < 1.29 is 19.2 Å². The van der Waals surface area contributed by atoms with Crippen LogP contribution in [0.4, 0.5) is 0 Å². The van der Waals surface area contributed by atoms with E-state index in [-0.39, 0.29) is 31.1 Å². The van der Waals surface area contributed by atoms with Gasteiger partial charge in [0.05, 0.1) is 6.42 Å². The number of thioether (sulfide) groups is 1. The van der Waals surface area contributed by atoms with Crippen LogP contribution < -0.4 is 27.0 Å². The van der Waals surface area contributed by atoms with Crippen molar-refractivity contribution in [3.8, 4) is 11.1 Å². The maximum absolute atomic E-state index is 13.7. The summed E-state index contributed by atoms with van der Waals surface area (Å²) in [5.74, 6) is -1.26. The number of nitrogens with one attached hydrogen (secondary N) is 4. The number of carbonyl (C=O) groups is 4. The molecule has 0 spiro atoms. The van der Waals surface area contributed by atoms with Gasteiger partial charge in [-0.15, -0.1) is 0 Å². The summed E-state index contributed by atoms with van der Waals surface area (Å²) >= 11 is 1.41. The van der Waals surface area contributed by atoms with E-state index < -0.39 is 29.9 Å². The highest BCUT2D eigenvalue weighted by atomic mass is 32.2. The van der Waals surface area contributed by atoms with Gasteiger partial charge in [0, 0.05) is 18.7 Å². The molecule has 0 aliphatic carbocycles. The minimum atomic E-state index is -0.951. The molecular formula is C40H47N5O4S. The number of benzene rings is 4. The molecule has 0 aromatic heterocycles. The van der Waals surface area contributed by atoms with Crippen molar-refractivity contribution in [3.63, 3.8) is 0 Å². The predicted octanol–water partition coefficient (Wildman–Crippen LogP) is 4.05. The van der Waals surface area contributed by atoms with Crippen molar-refractivity contribution in [2.45, 2.75) is 50.2 Å². The second-order valence-electron chi connectivity index (χ2n) is 12.1. The summed E-state index contributed by atoms with van der Waals surface area (Å²) in [4.78, 5) is 53.8. The lowest BCUT2D eigenvalue weighted by Crippen LogP contribution is -2.57. The number of rotatable bonds is 19. The highest BCUT2D eigenvalue weighted by Gasteiger charge is 2.29. The van der Waals surface area contributed by atoms with E-state index in [0.717, 1.165) is 27.8 Å². The maximum atomic E-state index is 13.7. The monoisotopic (exact) mass is 693 g/mol. The van der Waals surface area contributed by atoms with Crippen LogP contribution in [0.2, 0.25) is 0 Å². The molecule has 0 unspecified atom stereocenters. The Morgan fingerprint density at radius 3 is 1.80 bits per heavy atom. The number of carbonyl (C=O) groups excluding carboxylic acids is 4. The third-order valence-electron chi connectivity index (χ3n) is 8.21. The average molecular weight is 694 g/mol. The standard InChI is InChI=1S/C40H47N5O4S/c1-50-28-36(43-37(46)27-31-19-21-33(22-20-31)32-16-9-4-10-17-32)40(49)44-34(18-11-24-41)39(48)45-35(26-30-14-7-3-8-15-30)38(47)42-25-23-29-12-5-2-6-13-29/h2-10,12-17,19-22,34-36H,11,18,23-28,41H2,1H3,(H,42,47)(H,43,46)(H,44,49)(H,45,48)/t34-,35+,36+/m1/s1. The van der Waals surface area contributed by atoms with Gasteiger partial charge in [0.2, 0.25) is 23.6 Å². The Bertz CT molecular complexity index is 1640. The molecule has 0 radical (unpaired) electrons. The normalized spacial score (nSPS) is 12.6. The molecule has 0 heterocycles. The van der Waals surface area contributed by atoms with Gasteiger partial charge in [-0.2, -0.15) is 11.8 Å². The molecule has 10 heteroatoms. The van der Waals surface area contributed by atoms with Gasteiger partial charge in [-0.25, -0.2) is 0 Å². The van der Waals surface area contributed by atoms with Crippen LogP contribution in [-0.2, 0) is 38.4 Å². The maximum Gasteiger partial charge on any atom is 0.244 e. The fraction of sp³-hybridized carbons (Fsp3) is 0.300. The Kier molecular flexibility index (Phi) is 15.6. The van der Waals surface area contributed by atoms with Crippen molar-refractivity contribution in [1.82, 2.24) is 21.3 Å². The van der Waals surface area contributed by atoms with E-state index in [4.69, 9.17) is 5.73 Å². The van der Waals surface area contributed by atoms with E-state index in [1.54, 1.807) is 0 Å². The first-order valence-corrected chi connectivity index (χ1v) is 18.3. The Morgan fingerprint density at radius 1 is 0.620 bits per heavy atom. The van der Waals surface area contributed by atoms with Crippen LogP contribution in [0.1, 0.15) is 29.5 Å². The average Bonchev–Trinajstić information content (AvgIpc) is 3.14. The van der Waals surface area contributed by atoms with Crippen LogP contribution >= 0.6 is 11.8 Å². The minimum absolute atomic E-state index is 0.102. The molecule has 4 aromatic carbocycles. The fourth-order valence-electron chi connectivity index (χ4n) is 5.52. The lowest BCUT2D eigenvalue weighted by Gasteiger charge is -2.25. The molecule has 6 N–H and O–H groups in total. The number of amides is 4. The molecule has 4 rings (SSSR count). The van der Waals surface area contributed by atoms with Gasteiger partial charge < -0.3 is 27.0 Å². The molecule has 50 heavy (non-hydrogen) atoms. The Morgan fingerprint density at radius 2 is 1.18 bits per heavy atom. The molecule has 0 bridgehead atoms. The topological polar surface area (TPSA) is 142 Å². The van der Waals surface area contributed by atoms with Gasteiger partial charge in [0.15, 0.2) is 0 Å². The summed E-state index contributed by atoms with van der Waals surface area (Å²) in [5, 5.41) is 11.5. The van der Waals surface area contributed by atoms with Crippen LogP contribution in [0.25, 0.3) is 11.1 Å². The number of hydrogen-bond acceptors (Lipinski definition) is 6. The number of nitrogens with two attached hydrogens (primary N) is 1. The Balaban J connectivity index is 1.39. The van der Waals surface area contributed by atoms with Gasteiger partial charge in [0.1, 0.15) is 18.1 Å². The lowest BCUT2D eigenvalue weighted by atomic mass is 10.0. The third kappa shape index (κ3) is 12.5. The van der Waals surface area contributed by atoms with Crippen molar-refractivity contribution in [3.05, 3.63) is 132 Å². The number of hydrogen-bond donors (Lipinski definition) is 5. The summed E-state index contributed by atoms with van der Waals surface area (Å²) in [6.07, 6.45) is 3.62. The lowest BCUT2D eigenvalue weighted by molar-refractivity contribution is -0.133.